The number of alkyl halides is 1. The van der Waals surface area contributed by atoms with Crippen molar-refractivity contribution in [2.24, 2.45) is 0 Å². The van der Waals surface area contributed by atoms with E-state index in [1.54, 1.807) is 24.3 Å². The van der Waals surface area contributed by atoms with Crippen molar-refractivity contribution in [3.05, 3.63) is 29.8 Å². The van der Waals surface area contributed by atoms with Crippen LogP contribution in [0.5, 0.6) is 0 Å². The minimum atomic E-state index is -3.78. The normalized spacial score (nSPS) is 10.9. The molecule has 0 bridgehead atoms. The van der Waals surface area contributed by atoms with Crippen molar-refractivity contribution >= 4 is 26.0 Å². The summed E-state index contributed by atoms with van der Waals surface area (Å²) in [6, 6.07) is 9.77. The molecule has 0 N–H and O–H groups in total. The first-order valence-corrected chi connectivity index (χ1v) is 7.51. The first kappa shape index (κ1) is 14.7. The lowest BCUT2D eigenvalue weighted by molar-refractivity contribution is 0.479. The highest BCUT2D eigenvalue weighted by Gasteiger charge is 2.23. The standard InChI is InChI=1S/C11H10BrN3O2S/c12-9-10-1-3-11(4-2-10)18(16,17)15(7-5-13)8-6-14/h1-4H,7-9H2. The van der Waals surface area contributed by atoms with Crippen LogP contribution in [-0.4, -0.2) is 25.8 Å². The van der Waals surface area contributed by atoms with Gasteiger partial charge in [0.25, 0.3) is 0 Å². The minimum Gasteiger partial charge on any atom is -0.207 e. The van der Waals surface area contributed by atoms with Gasteiger partial charge in [-0.25, -0.2) is 8.42 Å². The zero-order valence-corrected chi connectivity index (χ0v) is 11.8. The SMILES string of the molecule is N#CCN(CC#N)S(=O)(=O)c1ccc(CBr)cc1. The van der Waals surface area contributed by atoms with Crippen LogP contribution in [0.4, 0.5) is 0 Å². The summed E-state index contributed by atoms with van der Waals surface area (Å²) in [6.45, 7) is -0.674. The molecule has 0 aliphatic carbocycles. The summed E-state index contributed by atoms with van der Waals surface area (Å²) in [7, 11) is -3.78. The molecule has 94 valence electrons. The van der Waals surface area contributed by atoms with E-state index in [2.05, 4.69) is 15.9 Å². The Bertz CT molecular complexity index is 568. The fraction of sp³-hybridized carbons (Fsp3) is 0.273. The van der Waals surface area contributed by atoms with Crippen LogP contribution in [0.1, 0.15) is 5.56 Å². The van der Waals surface area contributed by atoms with Crippen LogP contribution in [0.15, 0.2) is 29.2 Å². The lowest BCUT2D eigenvalue weighted by Gasteiger charge is -2.15. The van der Waals surface area contributed by atoms with E-state index in [-0.39, 0.29) is 18.0 Å². The molecule has 0 atom stereocenters. The van der Waals surface area contributed by atoms with Gasteiger partial charge in [-0.3, -0.25) is 0 Å². The zero-order valence-electron chi connectivity index (χ0n) is 9.38. The molecule has 7 heteroatoms. The molecule has 0 spiro atoms. The minimum absolute atomic E-state index is 0.0812. The molecule has 0 aliphatic rings. The third-order valence-electron chi connectivity index (χ3n) is 2.21. The van der Waals surface area contributed by atoms with Gasteiger partial charge in [-0.2, -0.15) is 14.8 Å². The van der Waals surface area contributed by atoms with Gasteiger partial charge in [0.15, 0.2) is 0 Å². The first-order chi connectivity index (χ1) is 8.56. The summed E-state index contributed by atoms with van der Waals surface area (Å²) in [5, 5.41) is 17.8. The molecule has 0 aliphatic heterocycles. The summed E-state index contributed by atoms with van der Waals surface area (Å²) in [5.41, 5.74) is 0.945. The average Bonchev–Trinajstić information content (AvgIpc) is 2.38. The Kier molecular flexibility index (Phi) is 5.29. The van der Waals surface area contributed by atoms with E-state index in [1.165, 1.54) is 12.1 Å². The monoisotopic (exact) mass is 327 g/mol. The maximum absolute atomic E-state index is 12.1. The highest BCUT2D eigenvalue weighted by Crippen LogP contribution is 2.17. The smallest absolute Gasteiger partial charge is 0.207 e. The molecule has 0 amide bonds. The van der Waals surface area contributed by atoms with Crippen molar-refractivity contribution < 1.29 is 8.42 Å². The Balaban J connectivity index is 3.11. The third kappa shape index (κ3) is 3.30. The van der Waals surface area contributed by atoms with Crippen molar-refractivity contribution in [1.29, 1.82) is 10.5 Å². The number of hydrogen-bond donors (Lipinski definition) is 0. The number of rotatable bonds is 5. The van der Waals surface area contributed by atoms with Gasteiger partial charge >= 0.3 is 0 Å². The second kappa shape index (κ2) is 6.50. The molecule has 1 aromatic carbocycles. The molecule has 5 nitrogen and oxygen atoms in total. The summed E-state index contributed by atoms with van der Waals surface area (Å²) < 4.78 is 25.1. The number of nitriles is 2. The number of nitrogens with zero attached hydrogens (tertiary/aromatic N) is 3. The van der Waals surface area contributed by atoms with Gasteiger partial charge < -0.3 is 0 Å². The van der Waals surface area contributed by atoms with Crippen molar-refractivity contribution in [3.63, 3.8) is 0 Å². The van der Waals surface area contributed by atoms with E-state index in [0.717, 1.165) is 9.87 Å². The van der Waals surface area contributed by atoms with Crippen molar-refractivity contribution in [1.82, 2.24) is 4.31 Å². The molecular weight excluding hydrogens is 318 g/mol. The molecule has 0 radical (unpaired) electrons. The maximum atomic E-state index is 12.1. The fourth-order valence-corrected chi connectivity index (χ4v) is 2.89. The topological polar surface area (TPSA) is 85.0 Å². The van der Waals surface area contributed by atoms with Crippen LogP contribution < -0.4 is 0 Å². The third-order valence-corrected chi connectivity index (χ3v) is 4.66. The van der Waals surface area contributed by atoms with Gasteiger partial charge in [0.1, 0.15) is 13.1 Å². The maximum Gasteiger partial charge on any atom is 0.244 e. The molecule has 0 fully saturated rings. The predicted molar refractivity (Wildman–Crippen MR) is 69.1 cm³/mol. The van der Waals surface area contributed by atoms with Crippen LogP contribution in [0.25, 0.3) is 0 Å². The molecule has 18 heavy (non-hydrogen) atoms. The number of halogens is 1. The highest BCUT2D eigenvalue weighted by molar-refractivity contribution is 9.08. The Morgan fingerprint density at radius 1 is 1.11 bits per heavy atom. The number of sulfonamides is 1. The van der Waals surface area contributed by atoms with E-state index in [1.807, 2.05) is 0 Å². The lowest BCUT2D eigenvalue weighted by atomic mass is 10.2. The molecular formula is C11H10BrN3O2S. The van der Waals surface area contributed by atoms with E-state index in [9.17, 15) is 8.42 Å². The molecule has 0 saturated carbocycles. The van der Waals surface area contributed by atoms with Crippen molar-refractivity contribution in [2.45, 2.75) is 10.2 Å². The van der Waals surface area contributed by atoms with Crippen molar-refractivity contribution in [2.75, 3.05) is 13.1 Å². The second-order valence-corrected chi connectivity index (χ2v) is 5.87. The first-order valence-electron chi connectivity index (χ1n) is 4.95. The second-order valence-electron chi connectivity index (χ2n) is 3.37. The molecule has 0 heterocycles. The Labute approximate surface area is 114 Å². The van der Waals surface area contributed by atoms with Crippen LogP contribution in [0.2, 0.25) is 0 Å². The van der Waals surface area contributed by atoms with Gasteiger partial charge in [-0.05, 0) is 17.7 Å². The fourth-order valence-electron chi connectivity index (χ4n) is 1.28. The van der Waals surface area contributed by atoms with Gasteiger partial charge in [0.2, 0.25) is 10.0 Å². The van der Waals surface area contributed by atoms with E-state index in [0.29, 0.717) is 5.33 Å². The number of benzene rings is 1. The summed E-state index contributed by atoms with van der Waals surface area (Å²) in [5.74, 6) is 0. The molecule has 0 aromatic heterocycles. The van der Waals surface area contributed by atoms with Gasteiger partial charge in [0, 0.05) is 5.33 Å². The van der Waals surface area contributed by atoms with E-state index < -0.39 is 10.0 Å². The van der Waals surface area contributed by atoms with Gasteiger partial charge in [0.05, 0.1) is 17.0 Å². The largest absolute Gasteiger partial charge is 0.244 e. The average molecular weight is 328 g/mol. The molecule has 0 saturated heterocycles. The van der Waals surface area contributed by atoms with Crippen molar-refractivity contribution in [3.8, 4) is 12.1 Å². The summed E-state index contributed by atoms with van der Waals surface area (Å²) in [6.07, 6.45) is 0. The Morgan fingerprint density at radius 3 is 2.00 bits per heavy atom. The van der Waals surface area contributed by atoms with E-state index in [4.69, 9.17) is 10.5 Å². The lowest BCUT2D eigenvalue weighted by Crippen LogP contribution is -2.31. The molecule has 1 rings (SSSR count). The van der Waals surface area contributed by atoms with Gasteiger partial charge in [-0.15, -0.1) is 0 Å². The van der Waals surface area contributed by atoms with Crippen LogP contribution >= 0.6 is 15.9 Å². The van der Waals surface area contributed by atoms with Gasteiger partial charge in [-0.1, -0.05) is 28.1 Å². The van der Waals surface area contributed by atoms with E-state index >= 15 is 0 Å². The zero-order chi connectivity index (χ0) is 13.6. The predicted octanol–water partition coefficient (Wildman–Crippen LogP) is 1.62. The summed E-state index contributed by atoms with van der Waals surface area (Å²) in [4.78, 5) is 0.0812. The summed E-state index contributed by atoms with van der Waals surface area (Å²) >= 11 is 3.27. The van der Waals surface area contributed by atoms with Crippen LogP contribution in [0.3, 0.4) is 0 Å². The highest BCUT2D eigenvalue weighted by atomic mass is 79.9. The Hall–Kier alpha value is -1.41. The quantitative estimate of drug-likeness (QED) is 0.607. The number of hydrogen-bond acceptors (Lipinski definition) is 4. The molecule has 1 aromatic rings. The Morgan fingerprint density at radius 2 is 1.61 bits per heavy atom. The van der Waals surface area contributed by atoms with Crippen LogP contribution in [0, 0.1) is 22.7 Å². The van der Waals surface area contributed by atoms with Crippen LogP contribution in [-0.2, 0) is 15.4 Å². The molecule has 0 unspecified atom stereocenters.